The van der Waals surface area contributed by atoms with Crippen LogP contribution in [0.25, 0.3) is 0 Å². The molecule has 0 amide bonds. The minimum Gasteiger partial charge on any atom is -0.393 e. The lowest BCUT2D eigenvalue weighted by molar-refractivity contribution is -0.383. The Bertz CT molecular complexity index is 432. The Morgan fingerprint density at radius 3 is 2.67 bits per heavy atom. The van der Waals surface area contributed by atoms with Gasteiger partial charge in [-0.25, -0.2) is 0 Å². The van der Waals surface area contributed by atoms with Gasteiger partial charge in [0.2, 0.25) is 0 Å². The molecule has 0 saturated heterocycles. The highest BCUT2D eigenvalue weighted by molar-refractivity contribution is 9.09. The molecule has 2 N–H and O–H groups in total. The molecule has 0 spiro atoms. The Morgan fingerprint density at radius 1 is 1.60 bits per heavy atom. The highest BCUT2D eigenvalue weighted by atomic mass is 79.9. The average molecular weight is 273 g/mol. The molecular formula is C9H9BrN2O3. The lowest BCUT2D eigenvalue weighted by atomic mass is 10.0. The van der Waals surface area contributed by atoms with E-state index in [1.54, 1.807) is 6.92 Å². The summed E-state index contributed by atoms with van der Waals surface area (Å²) in [6.07, 6.45) is 0. The summed E-state index contributed by atoms with van der Waals surface area (Å²) in [6.45, 7) is 1.64. The maximum Gasteiger partial charge on any atom is 0.292 e. The van der Waals surface area contributed by atoms with E-state index in [-0.39, 0.29) is 22.5 Å². The number of aryl methyl sites for hydroxylation is 1. The van der Waals surface area contributed by atoms with E-state index < -0.39 is 4.92 Å². The van der Waals surface area contributed by atoms with E-state index in [0.717, 1.165) is 0 Å². The molecule has 0 aliphatic heterocycles. The first-order valence-corrected chi connectivity index (χ1v) is 5.23. The Balaban J connectivity index is 3.31. The molecule has 1 aromatic rings. The molecule has 80 valence electrons. The van der Waals surface area contributed by atoms with Crippen molar-refractivity contribution in [1.29, 1.82) is 0 Å². The first-order chi connectivity index (χ1) is 6.97. The molecule has 0 bridgehead atoms. The number of halogens is 1. The third-order valence-corrected chi connectivity index (χ3v) is 2.50. The van der Waals surface area contributed by atoms with Gasteiger partial charge in [-0.2, -0.15) is 0 Å². The van der Waals surface area contributed by atoms with Crippen LogP contribution < -0.4 is 5.73 Å². The number of rotatable bonds is 3. The van der Waals surface area contributed by atoms with Gasteiger partial charge in [-0.15, -0.1) is 0 Å². The van der Waals surface area contributed by atoms with E-state index in [1.165, 1.54) is 12.1 Å². The van der Waals surface area contributed by atoms with Gasteiger partial charge < -0.3 is 5.73 Å². The molecule has 0 heterocycles. The summed E-state index contributed by atoms with van der Waals surface area (Å²) >= 11 is 3.03. The number of nitrogens with two attached hydrogens (primary N) is 1. The van der Waals surface area contributed by atoms with Gasteiger partial charge in [0.25, 0.3) is 5.69 Å². The Hall–Kier alpha value is -1.43. The fourth-order valence-electron chi connectivity index (χ4n) is 1.24. The number of anilines is 1. The number of benzene rings is 1. The van der Waals surface area contributed by atoms with Crippen molar-refractivity contribution in [1.82, 2.24) is 0 Å². The summed E-state index contributed by atoms with van der Waals surface area (Å²) in [4.78, 5) is 21.4. The van der Waals surface area contributed by atoms with E-state index in [1.807, 2.05) is 0 Å². The largest absolute Gasteiger partial charge is 0.393 e. The maximum absolute atomic E-state index is 11.4. The number of Topliss-reactive ketones (excluding diaryl/α,β-unsaturated/α-hetero) is 1. The van der Waals surface area contributed by atoms with Crippen molar-refractivity contribution in [3.8, 4) is 0 Å². The summed E-state index contributed by atoms with van der Waals surface area (Å²) in [7, 11) is 0. The van der Waals surface area contributed by atoms with E-state index in [9.17, 15) is 14.9 Å². The number of nitrogen functional groups attached to an aromatic ring is 1. The molecule has 6 heteroatoms. The van der Waals surface area contributed by atoms with Crippen molar-refractivity contribution >= 4 is 33.1 Å². The average Bonchev–Trinajstić information content (AvgIpc) is 2.19. The van der Waals surface area contributed by atoms with Crippen molar-refractivity contribution in [2.75, 3.05) is 11.1 Å². The normalized spacial score (nSPS) is 10.0. The lowest BCUT2D eigenvalue weighted by Gasteiger charge is -2.04. The summed E-state index contributed by atoms with van der Waals surface area (Å²) < 4.78 is 0. The van der Waals surface area contributed by atoms with Crippen molar-refractivity contribution in [2.24, 2.45) is 0 Å². The van der Waals surface area contributed by atoms with Gasteiger partial charge in [0, 0.05) is 11.6 Å². The van der Waals surface area contributed by atoms with Crippen LogP contribution in [0.15, 0.2) is 12.1 Å². The minimum absolute atomic E-state index is 0.00917. The van der Waals surface area contributed by atoms with Gasteiger partial charge in [0.15, 0.2) is 5.78 Å². The molecule has 1 aromatic carbocycles. The molecule has 0 aliphatic carbocycles. The van der Waals surface area contributed by atoms with E-state index >= 15 is 0 Å². The fraction of sp³-hybridized carbons (Fsp3) is 0.222. The number of carbonyl (C=O) groups is 1. The van der Waals surface area contributed by atoms with Gasteiger partial charge in [-0.3, -0.25) is 14.9 Å². The van der Waals surface area contributed by atoms with Crippen molar-refractivity contribution in [2.45, 2.75) is 6.92 Å². The maximum atomic E-state index is 11.4. The number of hydrogen-bond acceptors (Lipinski definition) is 4. The third-order valence-electron chi connectivity index (χ3n) is 1.99. The van der Waals surface area contributed by atoms with Crippen LogP contribution in [-0.4, -0.2) is 16.0 Å². The van der Waals surface area contributed by atoms with Gasteiger partial charge in [0.1, 0.15) is 5.69 Å². The fourth-order valence-corrected chi connectivity index (χ4v) is 1.54. The molecular weight excluding hydrogens is 264 g/mol. The Morgan fingerprint density at radius 2 is 2.20 bits per heavy atom. The predicted molar refractivity (Wildman–Crippen MR) is 60.4 cm³/mol. The zero-order chi connectivity index (χ0) is 11.6. The number of nitro benzene ring substituents is 1. The number of ketones is 1. The van der Waals surface area contributed by atoms with Gasteiger partial charge in [-0.1, -0.05) is 15.9 Å². The van der Waals surface area contributed by atoms with Gasteiger partial charge in [-0.05, 0) is 18.6 Å². The molecule has 0 aliphatic rings. The van der Waals surface area contributed by atoms with E-state index in [0.29, 0.717) is 11.1 Å². The molecule has 5 nitrogen and oxygen atoms in total. The topological polar surface area (TPSA) is 86.2 Å². The van der Waals surface area contributed by atoms with Crippen LogP contribution >= 0.6 is 15.9 Å². The SMILES string of the molecule is Cc1cc([N+](=O)[O-])c(N)cc1C(=O)CBr. The second-order valence-electron chi connectivity index (χ2n) is 3.04. The highest BCUT2D eigenvalue weighted by Crippen LogP contribution is 2.25. The Labute approximate surface area is 94.5 Å². The number of nitrogens with zero attached hydrogens (tertiary/aromatic N) is 1. The molecule has 15 heavy (non-hydrogen) atoms. The zero-order valence-electron chi connectivity index (χ0n) is 7.99. The highest BCUT2D eigenvalue weighted by Gasteiger charge is 2.16. The van der Waals surface area contributed by atoms with Crippen LogP contribution in [0.3, 0.4) is 0 Å². The predicted octanol–water partition coefficient (Wildman–Crippen LogP) is 2.06. The molecule has 0 radical (unpaired) electrons. The lowest BCUT2D eigenvalue weighted by Crippen LogP contribution is -2.06. The smallest absolute Gasteiger partial charge is 0.292 e. The summed E-state index contributed by atoms with van der Waals surface area (Å²) in [5.41, 5.74) is 6.28. The first kappa shape index (κ1) is 11.6. The number of alkyl halides is 1. The summed E-state index contributed by atoms with van der Waals surface area (Å²) in [5, 5.41) is 10.7. The molecule has 0 unspecified atom stereocenters. The second kappa shape index (κ2) is 4.39. The van der Waals surface area contributed by atoms with Crippen LogP contribution in [-0.2, 0) is 0 Å². The van der Waals surface area contributed by atoms with Crippen LogP contribution in [0.1, 0.15) is 15.9 Å². The van der Waals surface area contributed by atoms with Gasteiger partial charge in [0.05, 0.1) is 10.3 Å². The van der Waals surface area contributed by atoms with Crippen LogP contribution in [0.2, 0.25) is 0 Å². The molecule has 0 atom stereocenters. The second-order valence-corrected chi connectivity index (χ2v) is 3.60. The van der Waals surface area contributed by atoms with Crippen LogP contribution in [0.4, 0.5) is 11.4 Å². The minimum atomic E-state index is -0.565. The van der Waals surface area contributed by atoms with Crippen molar-refractivity contribution in [3.63, 3.8) is 0 Å². The van der Waals surface area contributed by atoms with Gasteiger partial charge >= 0.3 is 0 Å². The van der Waals surface area contributed by atoms with Crippen LogP contribution in [0.5, 0.6) is 0 Å². The number of nitro groups is 1. The molecule has 0 fully saturated rings. The van der Waals surface area contributed by atoms with Crippen molar-refractivity contribution < 1.29 is 9.72 Å². The zero-order valence-corrected chi connectivity index (χ0v) is 9.58. The monoisotopic (exact) mass is 272 g/mol. The van der Waals surface area contributed by atoms with Crippen LogP contribution in [0, 0.1) is 17.0 Å². The number of hydrogen-bond donors (Lipinski definition) is 1. The molecule has 0 saturated carbocycles. The summed E-state index contributed by atoms with van der Waals surface area (Å²) in [6, 6.07) is 2.66. The summed E-state index contributed by atoms with van der Waals surface area (Å²) in [5.74, 6) is -0.144. The standard InChI is InChI=1S/C9H9BrN2O3/c1-5-2-8(12(14)15)7(11)3-6(5)9(13)4-10/h2-3H,4,11H2,1H3. The van der Waals surface area contributed by atoms with E-state index in [4.69, 9.17) is 5.73 Å². The third kappa shape index (κ3) is 2.33. The quantitative estimate of drug-likeness (QED) is 0.300. The molecule has 0 aromatic heterocycles. The van der Waals surface area contributed by atoms with Crippen molar-refractivity contribution in [3.05, 3.63) is 33.4 Å². The Kier molecular flexibility index (Phi) is 3.41. The molecule has 1 rings (SSSR count). The first-order valence-electron chi connectivity index (χ1n) is 4.11. The number of carbonyl (C=O) groups excluding carboxylic acids is 1. The van der Waals surface area contributed by atoms with E-state index in [2.05, 4.69) is 15.9 Å².